The lowest BCUT2D eigenvalue weighted by Crippen LogP contribution is -2.58. The molecule has 2 N–H and O–H groups in total. The zero-order valence-corrected chi connectivity index (χ0v) is 11.8. The summed E-state index contributed by atoms with van der Waals surface area (Å²) >= 11 is 0. The van der Waals surface area contributed by atoms with Crippen LogP contribution in [0, 0.1) is 11.8 Å². The first-order valence-corrected chi connectivity index (χ1v) is 7.21. The predicted octanol–water partition coefficient (Wildman–Crippen LogP) is 2.07. The molecule has 0 spiro atoms. The number of aliphatic carboxylic acids is 1. The summed E-state index contributed by atoms with van der Waals surface area (Å²) in [6, 6.07) is -0.247. The highest BCUT2D eigenvalue weighted by atomic mass is 16.4. The first-order valence-electron chi connectivity index (χ1n) is 7.21. The fourth-order valence-corrected chi connectivity index (χ4v) is 2.94. The molecule has 108 valence electrons. The van der Waals surface area contributed by atoms with Crippen molar-refractivity contribution in [3.63, 3.8) is 0 Å². The molecule has 0 radical (unpaired) electrons. The number of hydrogen-bond acceptors (Lipinski definition) is 2. The van der Waals surface area contributed by atoms with Crippen molar-refractivity contribution < 1.29 is 14.7 Å². The molecule has 2 aliphatic carbocycles. The molecule has 0 saturated heterocycles. The molecule has 0 heterocycles. The van der Waals surface area contributed by atoms with Crippen molar-refractivity contribution in [3.8, 4) is 0 Å². The molecule has 0 aromatic rings. The Balaban J connectivity index is 1.92. The lowest BCUT2D eigenvalue weighted by molar-refractivity contribution is -0.145. The molecule has 5 nitrogen and oxygen atoms in total. The first-order chi connectivity index (χ1) is 8.94. The maximum Gasteiger partial charge on any atom is 0.329 e. The van der Waals surface area contributed by atoms with Crippen LogP contribution in [0.2, 0.25) is 0 Å². The molecule has 5 heteroatoms. The van der Waals surface area contributed by atoms with Crippen LogP contribution in [0.1, 0.15) is 45.4 Å². The van der Waals surface area contributed by atoms with Crippen LogP contribution in [-0.4, -0.2) is 41.1 Å². The highest BCUT2D eigenvalue weighted by molar-refractivity contribution is 5.86. The van der Waals surface area contributed by atoms with Crippen molar-refractivity contribution in [2.45, 2.75) is 51.0 Å². The van der Waals surface area contributed by atoms with E-state index in [-0.39, 0.29) is 6.03 Å². The highest BCUT2D eigenvalue weighted by Gasteiger charge is 2.42. The zero-order chi connectivity index (χ0) is 14.0. The second-order valence-corrected chi connectivity index (χ2v) is 6.23. The van der Waals surface area contributed by atoms with E-state index in [1.165, 1.54) is 6.42 Å². The smallest absolute Gasteiger partial charge is 0.329 e. The minimum Gasteiger partial charge on any atom is -0.480 e. The van der Waals surface area contributed by atoms with Crippen LogP contribution in [0.25, 0.3) is 0 Å². The van der Waals surface area contributed by atoms with Crippen molar-refractivity contribution in [3.05, 3.63) is 0 Å². The van der Waals surface area contributed by atoms with E-state index < -0.39 is 11.5 Å². The second-order valence-electron chi connectivity index (χ2n) is 6.23. The van der Waals surface area contributed by atoms with E-state index >= 15 is 0 Å². The number of nitrogens with zero attached hydrogens (tertiary/aromatic N) is 1. The standard InChI is InChI=1S/C14H24N2O3/c1-10-8-11(10)9-16(2)13(19)15-14(12(17)18)6-4-3-5-7-14/h10-11H,3-9H2,1-2H3,(H,15,19)(H,17,18). The van der Waals surface area contributed by atoms with Gasteiger partial charge in [0.1, 0.15) is 5.54 Å². The van der Waals surface area contributed by atoms with Gasteiger partial charge in [0.2, 0.25) is 0 Å². The quantitative estimate of drug-likeness (QED) is 0.820. The number of urea groups is 1. The van der Waals surface area contributed by atoms with Crippen LogP contribution in [-0.2, 0) is 4.79 Å². The van der Waals surface area contributed by atoms with Gasteiger partial charge in [0.25, 0.3) is 0 Å². The summed E-state index contributed by atoms with van der Waals surface area (Å²) in [6.07, 6.45) is 5.05. The summed E-state index contributed by atoms with van der Waals surface area (Å²) in [6.45, 7) is 2.90. The lowest BCUT2D eigenvalue weighted by atomic mass is 9.82. The van der Waals surface area contributed by atoms with Gasteiger partial charge in [-0.1, -0.05) is 26.2 Å². The molecule has 0 bridgehead atoms. The van der Waals surface area contributed by atoms with Crippen LogP contribution < -0.4 is 5.32 Å². The molecule has 2 atom stereocenters. The van der Waals surface area contributed by atoms with Crippen molar-refractivity contribution in [1.82, 2.24) is 10.2 Å². The predicted molar refractivity (Wildman–Crippen MR) is 71.9 cm³/mol. The summed E-state index contributed by atoms with van der Waals surface area (Å²) in [4.78, 5) is 25.3. The van der Waals surface area contributed by atoms with E-state index in [0.717, 1.165) is 25.8 Å². The average Bonchev–Trinajstić information content (AvgIpc) is 3.05. The third-order valence-corrected chi connectivity index (χ3v) is 4.59. The van der Waals surface area contributed by atoms with Gasteiger partial charge in [-0.3, -0.25) is 0 Å². The molecule has 2 amide bonds. The molecule has 19 heavy (non-hydrogen) atoms. The summed E-state index contributed by atoms with van der Waals surface area (Å²) in [5.74, 6) is 0.384. The number of carboxylic acids is 1. The number of carbonyl (C=O) groups excluding carboxylic acids is 1. The Morgan fingerprint density at radius 3 is 2.37 bits per heavy atom. The zero-order valence-electron chi connectivity index (χ0n) is 11.8. The van der Waals surface area contributed by atoms with E-state index in [0.29, 0.717) is 24.7 Å². The summed E-state index contributed by atoms with van der Waals surface area (Å²) in [7, 11) is 1.75. The Hall–Kier alpha value is -1.26. The molecule has 2 fully saturated rings. The molecule has 2 saturated carbocycles. The van der Waals surface area contributed by atoms with Crippen molar-refractivity contribution in [2.75, 3.05) is 13.6 Å². The number of rotatable bonds is 4. The number of carboxylic acid groups (broad SMARTS) is 1. The van der Waals surface area contributed by atoms with Crippen LogP contribution >= 0.6 is 0 Å². The van der Waals surface area contributed by atoms with Gasteiger partial charge in [-0.15, -0.1) is 0 Å². The van der Waals surface area contributed by atoms with Crippen LogP contribution in [0.3, 0.4) is 0 Å². The second kappa shape index (κ2) is 5.39. The largest absolute Gasteiger partial charge is 0.480 e. The van der Waals surface area contributed by atoms with Crippen LogP contribution in [0.4, 0.5) is 4.79 Å². The van der Waals surface area contributed by atoms with Crippen LogP contribution in [0.15, 0.2) is 0 Å². The van der Waals surface area contributed by atoms with E-state index in [1.807, 2.05) is 0 Å². The van der Waals surface area contributed by atoms with Crippen molar-refractivity contribution >= 4 is 12.0 Å². The van der Waals surface area contributed by atoms with E-state index in [1.54, 1.807) is 11.9 Å². The normalized spacial score (nSPS) is 28.5. The fourth-order valence-electron chi connectivity index (χ4n) is 2.94. The monoisotopic (exact) mass is 268 g/mol. The number of hydrogen-bond donors (Lipinski definition) is 2. The van der Waals surface area contributed by atoms with E-state index in [4.69, 9.17) is 0 Å². The van der Waals surface area contributed by atoms with Crippen LogP contribution in [0.5, 0.6) is 0 Å². The van der Waals surface area contributed by atoms with Crippen molar-refractivity contribution in [2.24, 2.45) is 11.8 Å². The third-order valence-electron chi connectivity index (χ3n) is 4.59. The van der Waals surface area contributed by atoms with Gasteiger partial charge in [-0.25, -0.2) is 9.59 Å². The van der Waals surface area contributed by atoms with Gasteiger partial charge in [-0.2, -0.15) is 0 Å². The van der Waals surface area contributed by atoms with Gasteiger partial charge in [0.05, 0.1) is 0 Å². The Labute approximate surface area is 114 Å². The fraction of sp³-hybridized carbons (Fsp3) is 0.857. The van der Waals surface area contributed by atoms with Gasteiger partial charge in [0.15, 0.2) is 0 Å². The Bertz CT molecular complexity index is 364. The van der Waals surface area contributed by atoms with Crippen molar-refractivity contribution in [1.29, 1.82) is 0 Å². The third kappa shape index (κ3) is 3.19. The molecular weight excluding hydrogens is 244 g/mol. The molecule has 0 aromatic heterocycles. The van der Waals surface area contributed by atoms with Gasteiger partial charge >= 0.3 is 12.0 Å². The van der Waals surface area contributed by atoms with Gasteiger partial charge in [0, 0.05) is 13.6 Å². The molecule has 0 aromatic carbocycles. The van der Waals surface area contributed by atoms with E-state index in [2.05, 4.69) is 12.2 Å². The Kier molecular flexibility index (Phi) is 4.02. The Morgan fingerprint density at radius 1 is 1.32 bits per heavy atom. The Morgan fingerprint density at radius 2 is 1.89 bits per heavy atom. The number of carbonyl (C=O) groups is 2. The maximum absolute atomic E-state index is 12.1. The number of amides is 2. The highest BCUT2D eigenvalue weighted by Crippen LogP contribution is 2.38. The SMILES string of the molecule is CC1CC1CN(C)C(=O)NC1(C(=O)O)CCCCC1. The molecule has 2 rings (SSSR count). The topological polar surface area (TPSA) is 69.6 Å². The minimum absolute atomic E-state index is 0.247. The average molecular weight is 268 g/mol. The van der Waals surface area contributed by atoms with Gasteiger partial charge in [-0.05, 0) is 31.1 Å². The number of nitrogens with one attached hydrogen (secondary N) is 1. The summed E-state index contributed by atoms with van der Waals surface area (Å²) in [5.41, 5.74) is -1.04. The molecule has 0 aliphatic heterocycles. The van der Waals surface area contributed by atoms with Gasteiger partial charge < -0.3 is 15.3 Å². The summed E-state index contributed by atoms with van der Waals surface area (Å²) < 4.78 is 0. The first kappa shape index (κ1) is 14.2. The molecular formula is C14H24N2O3. The molecule has 2 unspecified atom stereocenters. The summed E-state index contributed by atoms with van der Waals surface area (Å²) in [5, 5.41) is 12.2. The van der Waals surface area contributed by atoms with E-state index in [9.17, 15) is 14.7 Å². The minimum atomic E-state index is -1.04. The lowest BCUT2D eigenvalue weighted by Gasteiger charge is -2.35. The molecule has 2 aliphatic rings. The maximum atomic E-state index is 12.1.